The van der Waals surface area contributed by atoms with Crippen LogP contribution in [0.4, 0.5) is 5.69 Å². The fourth-order valence-corrected chi connectivity index (χ4v) is 2.03. The predicted molar refractivity (Wildman–Crippen MR) is 80.7 cm³/mol. The quantitative estimate of drug-likeness (QED) is 0.716. The van der Waals surface area contributed by atoms with Crippen LogP contribution in [0.2, 0.25) is 0 Å². The molecule has 6 nitrogen and oxygen atoms in total. The Labute approximate surface area is 123 Å². The van der Waals surface area contributed by atoms with Gasteiger partial charge in [0.25, 0.3) is 5.91 Å². The van der Waals surface area contributed by atoms with Gasteiger partial charge in [-0.05, 0) is 30.2 Å². The lowest BCUT2D eigenvalue weighted by atomic mass is 10.1. The number of nitrogens with two attached hydrogens (primary N) is 1. The average molecular weight is 288 g/mol. The molecule has 0 fully saturated rings. The summed E-state index contributed by atoms with van der Waals surface area (Å²) in [5, 5.41) is 17.0. The first-order valence-corrected chi connectivity index (χ1v) is 6.86. The molecule has 1 atom stereocenters. The molecule has 1 aromatic heterocycles. The number of anilines is 1. The van der Waals surface area contributed by atoms with Crippen molar-refractivity contribution in [3.63, 3.8) is 0 Å². The Morgan fingerprint density at radius 3 is 2.67 bits per heavy atom. The molecule has 2 rings (SSSR count). The average Bonchev–Trinajstić information content (AvgIpc) is 2.86. The Morgan fingerprint density at radius 1 is 1.43 bits per heavy atom. The molecule has 2 aromatic rings. The van der Waals surface area contributed by atoms with E-state index in [1.807, 2.05) is 6.92 Å². The molecule has 0 saturated carbocycles. The summed E-state index contributed by atoms with van der Waals surface area (Å²) in [5.41, 5.74) is 8.29. The monoisotopic (exact) mass is 288 g/mol. The van der Waals surface area contributed by atoms with Crippen LogP contribution in [0, 0.1) is 0 Å². The number of hydrogen-bond acceptors (Lipinski definition) is 4. The molecule has 21 heavy (non-hydrogen) atoms. The zero-order valence-electron chi connectivity index (χ0n) is 12.2. The molecule has 0 saturated heterocycles. The number of aromatic nitrogens is 2. The van der Waals surface area contributed by atoms with Crippen LogP contribution < -0.4 is 11.1 Å². The first kappa shape index (κ1) is 15.1. The largest absolute Gasteiger partial charge is 0.399 e. The van der Waals surface area contributed by atoms with Gasteiger partial charge in [0.2, 0.25) is 0 Å². The van der Waals surface area contributed by atoms with E-state index in [1.165, 1.54) is 0 Å². The summed E-state index contributed by atoms with van der Waals surface area (Å²) >= 11 is 0. The summed E-state index contributed by atoms with van der Waals surface area (Å²) in [5.74, 6) is -0.251. The van der Waals surface area contributed by atoms with Crippen LogP contribution in [-0.4, -0.2) is 27.3 Å². The molecular weight excluding hydrogens is 268 g/mol. The van der Waals surface area contributed by atoms with E-state index in [1.54, 1.807) is 42.1 Å². The van der Waals surface area contributed by atoms with E-state index in [-0.39, 0.29) is 12.5 Å². The predicted octanol–water partition coefficient (Wildman–Crippen LogP) is 1.03. The second-order valence-electron chi connectivity index (χ2n) is 4.89. The standard InChI is InChI=1S/C15H20N4O2/c1-3-12-8-13(19(2)18-12)15(21)17-9-14(20)10-4-6-11(16)7-5-10/h4-8,14,20H,3,9,16H2,1-2H3,(H,17,21). The van der Waals surface area contributed by atoms with E-state index < -0.39 is 6.10 Å². The molecule has 0 bridgehead atoms. The van der Waals surface area contributed by atoms with Crippen LogP contribution in [0.15, 0.2) is 30.3 Å². The third-order valence-electron chi connectivity index (χ3n) is 3.30. The Kier molecular flexibility index (Phi) is 4.59. The highest BCUT2D eigenvalue weighted by molar-refractivity contribution is 5.92. The number of aliphatic hydroxyl groups excluding tert-OH is 1. The molecule has 4 N–H and O–H groups in total. The summed E-state index contributed by atoms with van der Waals surface area (Å²) < 4.78 is 1.55. The molecule has 1 aromatic carbocycles. The van der Waals surface area contributed by atoms with E-state index in [9.17, 15) is 9.90 Å². The third-order valence-corrected chi connectivity index (χ3v) is 3.30. The van der Waals surface area contributed by atoms with Gasteiger partial charge in [0.05, 0.1) is 11.8 Å². The molecule has 1 unspecified atom stereocenters. The van der Waals surface area contributed by atoms with Crippen molar-refractivity contribution in [2.24, 2.45) is 7.05 Å². The van der Waals surface area contributed by atoms with Crippen molar-refractivity contribution >= 4 is 11.6 Å². The zero-order chi connectivity index (χ0) is 15.4. The molecule has 1 heterocycles. The van der Waals surface area contributed by atoms with Gasteiger partial charge in [-0.1, -0.05) is 19.1 Å². The highest BCUT2D eigenvalue weighted by Crippen LogP contribution is 2.14. The summed E-state index contributed by atoms with van der Waals surface area (Å²) in [6.07, 6.45) is 0.00302. The number of nitrogens with zero attached hydrogens (tertiary/aromatic N) is 2. The van der Waals surface area contributed by atoms with Gasteiger partial charge in [0, 0.05) is 19.3 Å². The third kappa shape index (κ3) is 3.61. The van der Waals surface area contributed by atoms with Crippen LogP contribution in [0.1, 0.15) is 34.8 Å². The fourth-order valence-electron chi connectivity index (χ4n) is 2.03. The second-order valence-corrected chi connectivity index (χ2v) is 4.89. The van der Waals surface area contributed by atoms with Crippen molar-refractivity contribution in [1.29, 1.82) is 0 Å². The Hall–Kier alpha value is -2.34. The van der Waals surface area contributed by atoms with Crippen LogP contribution in [0.25, 0.3) is 0 Å². The second kappa shape index (κ2) is 6.41. The number of hydrogen-bond donors (Lipinski definition) is 3. The minimum atomic E-state index is -0.770. The summed E-state index contributed by atoms with van der Waals surface area (Å²) in [4.78, 5) is 12.1. The van der Waals surface area contributed by atoms with Crippen molar-refractivity contribution < 1.29 is 9.90 Å². The van der Waals surface area contributed by atoms with E-state index in [4.69, 9.17) is 5.73 Å². The van der Waals surface area contributed by atoms with Crippen molar-refractivity contribution in [1.82, 2.24) is 15.1 Å². The van der Waals surface area contributed by atoms with Gasteiger partial charge in [0.1, 0.15) is 5.69 Å². The number of carbonyl (C=O) groups excluding carboxylic acids is 1. The summed E-state index contributed by atoms with van der Waals surface area (Å²) in [7, 11) is 1.73. The molecule has 1 amide bonds. The lowest BCUT2D eigenvalue weighted by molar-refractivity contribution is 0.0907. The van der Waals surface area contributed by atoms with E-state index in [2.05, 4.69) is 10.4 Å². The number of aryl methyl sites for hydroxylation is 2. The molecule has 0 spiro atoms. The highest BCUT2D eigenvalue weighted by Gasteiger charge is 2.14. The first-order valence-electron chi connectivity index (χ1n) is 6.86. The molecule has 0 aliphatic heterocycles. The maximum atomic E-state index is 12.1. The smallest absolute Gasteiger partial charge is 0.269 e. The highest BCUT2D eigenvalue weighted by atomic mass is 16.3. The minimum absolute atomic E-state index is 0.134. The Morgan fingerprint density at radius 2 is 2.10 bits per heavy atom. The van der Waals surface area contributed by atoms with Crippen molar-refractivity contribution in [3.8, 4) is 0 Å². The van der Waals surface area contributed by atoms with Gasteiger partial charge in [-0.3, -0.25) is 9.48 Å². The molecule has 6 heteroatoms. The number of aliphatic hydroxyl groups is 1. The number of carbonyl (C=O) groups is 1. The van der Waals surface area contributed by atoms with Crippen molar-refractivity contribution in [3.05, 3.63) is 47.3 Å². The van der Waals surface area contributed by atoms with Crippen molar-refractivity contribution in [2.45, 2.75) is 19.4 Å². The van der Waals surface area contributed by atoms with Crippen LogP contribution in [-0.2, 0) is 13.5 Å². The summed E-state index contributed by atoms with van der Waals surface area (Å²) in [6, 6.07) is 8.67. The van der Waals surface area contributed by atoms with E-state index >= 15 is 0 Å². The molecule has 0 aliphatic rings. The topological polar surface area (TPSA) is 93.2 Å². The molecular formula is C15H20N4O2. The van der Waals surface area contributed by atoms with Crippen LogP contribution in [0.3, 0.4) is 0 Å². The number of benzene rings is 1. The lowest BCUT2D eigenvalue weighted by Gasteiger charge is -2.12. The van der Waals surface area contributed by atoms with E-state index in [0.717, 1.165) is 12.1 Å². The van der Waals surface area contributed by atoms with Gasteiger partial charge < -0.3 is 16.2 Å². The van der Waals surface area contributed by atoms with E-state index in [0.29, 0.717) is 16.9 Å². The fraction of sp³-hybridized carbons (Fsp3) is 0.333. The number of rotatable bonds is 5. The maximum Gasteiger partial charge on any atom is 0.269 e. The first-order chi connectivity index (χ1) is 10.0. The normalized spacial score (nSPS) is 12.1. The Bertz CT molecular complexity index is 619. The van der Waals surface area contributed by atoms with Gasteiger partial charge in [0.15, 0.2) is 0 Å². The minimum Gasteiger partial charge on any atom is -0.399 e. The number of nitrogen functional groups attached to an aromatic ring is 1. The van der Waals surface area contributed by atoms with Gasteiger partial charge in [-0.2, -0.15) is 5.10 Å². The molecule has 0 aliphatic carbocycles. The molecule has 0 radical (unpaired) electrons. The van der Waals surface area contributed by atoms with Gasteiger partial charge in [-0.15, -0.1) is 0 Å². The SMILES string of the molecule is CCc1cc(C(=O)NCC(O)c2ccc(N)cc2)n(C)n1. The van der Waals surface area contributed by atoms with Crippen LogP contribution >= 0.6 is 0 Å². The summed E-state index contributed by atoms with van der Waals surface area (Å²) in [6.45, 7) is 2.12. The van der Waals surface area contributed by atoms with Gasteiger partial charge in [-0.25, -0.2) is 0 Å². The number of amides is 1. The van der Waals surface area contributed by atoms with Crippen molar-refractivity contribution in [2.75, 3.05) is 12.3 Å². The Balaban J connectivity index is 1.97. The lowest BCUT2D eigenvalue weighted by Crippen LogP contribution is -2.29. The zero-order valence-corrected chi connectivity index (χ0v) is 12.2. The molecule has 112 valence electrons. The number of nitrogens with one attached hydrogen (secondary N) is 1. The van der Waals surface area contributed by atoms with Gasteiger partial charge >= 0.3 is 0 Å². The maximum absolute atomic E-state index is 12.1. The van der Waals surface area contributed by atoms with Crippen LogP contribution in [0.5, 0.6) is 0 Å².